The van der Waals surface area contributed by atoms with Crippen molar-refractivity contribution in [3.8, 4) is 0 Å². The zero-order chi connectivity index (χ0) is 20.3. The molecule has 6 heteroatoms. The molecular formula is C22H23N3O2S. The number of aromatic nitrogens is 2. The predicted octanol–water partition coefficient (Wildman–Crippen LogP) is 4.90. The number of nitrogens with one attached hydrogen (secondary N) is 1. The molecule has 0 bridgehead atoms. The maximum atomic E-state index is 12.6. The Labute approximate surface area is 169 Å². The molecule has 3 aromatic rings. The van der Waals surface area contributed by atoms with Gasteiger partial charge in [0.1, 0.15) is 10.9 Å². The van der Waals surface area contributed by atoms with E-state index in [1.807, 2.05) is 52.0 Å². The summed E-state index contributed by atoms with van der Waals surface area (Å²) in [6, 6.07) is 14.8. The number of para-hydroxylation sites is 1. The number of amides is 1. The molecule has 144 valence electrons. The topological polar surface area (TPSA) is 72.0 Å². The number of nitrogens with zero attached hydrogens (tertiary/aromatic N) is 2. The van der Waals surface area contributed by atoms with Crippen LogP contribution in [0.15, 0.2) is 53.6 Å². The number of carbonyl (C=O) groups excluding carboxylic acids is 2. The number of aryl methyl sites for hydroxylation is 1. The molecule has 0 unspecified atom stereocenters. The van der Waals surface area contributed by atoms with E-state index in [1.165, 1.54) is 11.8 Å². The second kappa shape index (κ2) is 8.10. The van der Waals surface area contributed by atoms with Gasteiger partial charge < -0.3 is 5.32 Å². The van der Waals surface area contributed by atoms with Crippen LogP contribution in [0.2, 0.25) is 0 Å². The molecule has 0 saturated heterocycles. The first-order valence-corrected chi connectivity index (χ1v) is 10.0. The smallest absolute Gasteiger partial charge is 0.229 e. The van der Waals surface area contributed by atoms with E-state index in [-0.39, 0.29) is 17.4 Å². The van der Waals surface area contributed by atoms with E-state index in [2.05, 4.69) is 15.3 Å². The lowest BCUT2D eigenvalue weighted by molar-refractivity contribution is -0.123. The highest BCUT2D eigenvalue weighted by Crippen LogP contribution is 2.26. The van der Waals surface area contributed by atoms with E-state index in [1.54, 1.807) is 24.3 Å². The summed E-state index contributed by atoms with van der Waals surface area (Å²) in [5.41, 5.74) is 1.70. The van der Waals surface area contributed by atoms with Gasteiger partial charge in [0.25, 0.3) is 0 Å². The summed E-state index contributed by atoms with van der Waals surface area (Å²) in [4.78, 5) is 33.6. The van der Waals surface area contributed by atoms with E-state index >= 15 is 0 Å². The summed E-state index contributed by atoms with van der Waals surface area (Å²) in [6.07, 6.45) is 0. The van der Waals surface area contributed by atoms with Crippen molar-refractivity contribution in [2.45, 2.75) is 32.7 Å². The monoisotopic (exact) mass is 393 g/mol. The molecule has 0 spiro atoms. The van der Waals surface area contributed by atoms with Crippen LogP contribution in [0.5, 0.6) is 0 Å². The van der Waals surface area contributed by atoms with Crippen molar-refractivity contribution < 1.29 is 9.59 Å². The molecule has 1 N–H and O–H groups in total. The molecule has 28 heavy (non-hydrogen) atoms. The average Bonchev–Trinajstić information content (AvgIpc) is 2.65. The number of anilines is 1. The Morgan fingerprint density at radius 1 is 1.00 bits per heavy atom. The van der Waals surface area contributed by atoms with Crippen molar-refractivity contribution in [3.05, 3.63) is 59.9 Å². The SMILES string of the molecule is Cc1nc(SCC(=O)c2ccc(NC(=O)C(C)(C)C)cc2)c2ccccc2n1. The van der Waals surface area contributed by atoms with E-state index < -0.39 is 5.41 Å². The number of fused-ring (bicyclic) bond motifs is 1. The van der Waals surface area contributed by atoms with Gasteiger partial charge in [-0.15, -0.1) is 0 Å². The van der Waals surface area contributed by atoms with Crippen LogP contribution in [0, 0.1) is 12.3 Å². The minimum Gasteiger partial charge on any atom is -0.326 e. The highest BCUT2D eigenvalue weighted by atomic mass is 32.2. The molecule has 0 fully saturated rings. The highest BCUT2D eigenvalue weighted by molar-refractivity contribution is 8.00. The third-order valence-electron chi connectivity index (χ3n) is 4.17. The first-order chi connectivity index (χ1) is 13.2. The van der Waals surface area contributed by atoms with Gasteiger partial charge in [-0.3, -0.25) is 9.59 Å². The fourth-order valence-corrected chi connectivity index (χ4v) is 3.50. The van der Waals surface area contributed by atoms with Gasteiger partial charge in [-0.05, 0) is 37.3 Å². The molecule has 1 heterocycles. The maximum absolute atomic E-state index is 12.6. The van der Waals surface area contributed by atoms with Crippen LogP contribution in [0.1, 0.15) is 37.0 Å². The second-order valence-corrected chi connectivity index (χ2v) is 8.55. The van der Waals surface area contributed by atoms with Gasteiger partial charge >= 0.3 is 0 Å². The summed E-state index contributed by atoms with van der Waals surface area (Å²) in [5.74, 6) is 0.925. The summed E-state index contributed by atoms with van der Waals surface area (Å²) in [6.45, 7) is 7.42. The Balaban J connectivity index is 1.68. The number of hydrogen-bond acceptors (Lipinski definition) is 5. The zero-order valence-electron chi connectivity index (χ0n) is 16.4. The molecule has 0 atom stereocenters. The number of benzene rings is 2. The largest absolute Gasteiger partial charge is 0.326 e. The standard InChI is InChI=1S/C22H23N3O2S/c1-14-23-18-8-6-5-7-17(18)20(24-14)28-13-19(26)15-9-11-16(12-10-15)25-21(27)22(2,3)4/h5-12H,13H2,1-4H3,(H,25,27). The summed E-state index contributed by atoms with van der Waals surface area (Å²) in [5, 5.41) is 4.62. The normalized spacial score (nSPS) is 11.4. The number of rotatable bonds is 5. The van der Waals surface area contributed by atoms with E-state index in [4.69, 9.17) is 0 Å². The summed E-state index contributed by atoms with van der Waals surface area (Å²) in [7, 11) is 0. The molecule has 3 rings (SSSR count). The molecular weight excluding hydrogens is 370 g/mol. The van der Waals surface area contributed by atoms with E-state index in [0.29, 0.717) is 17.1 Å². The molecule has 0 radical (unpaired) electrons. The summed E-state index contributed by atoms with van der Waals surface area (Å²) >= 11 is 1.41. The predicted molar refractivity (Wildman–Crippen MR) is 114 cm³/mol. The Morgan fingerprint density at radius 3 is 2.36 bits per heavy atom. The fraction of sp³-hybridized carbons (Fsp3) is 0.273. The number of Topliss-reactive ketones (excluding diaryl/α,β-unsaturated/α-hetero) is 1. The van der Waals surface area contributed by atoms with E-state index in [0.717, 1.165) is 15.9 Å². The molecule has 0 aliphatic heterocycles. The lowest BCUT2D eigenvalue weighted by atomic mass is 9.95. The van der Waals surface area contributed by atoms with Crippen molar-refractivity contribution >= 4 is 40.0 Å². The minimum atomic E-state index is -0.469. The third kappa shape index (κ3) is 4.75. The van der Waals surface area contributed by atoms with Gasteiger partial charge in [0.15, 0.2) is 5.78 Å². The van der Waals surface area contributed by atoms with Gasteiger partial charge in [-0.25, -0.2) is 9.97 Å². The van der Waals surface area contributed by atoms with Crippen molar-refractivity contribution in [1.82, 2.24) is 9.97 Å². The molecule has 5 nitrogen and oxygen atoms in total. The van der Waals surface area contributed by atoms with Gasteiger partial charge in [0, 0.05) is 22.1 Å². The number of ketones is 1. The van der Waals surface area contributed by atoms with Crippen LogP contribution in [-0.2, 0) is 4.79 Å². The van der Waals surface area contributed by atoms with Crippen molar-refractivity contribution in [3.63, 3.8) is 0 Å². The zero-order valence-corrected chi connectivity index (χ0v) is 17.3. The number of carbonyl (C=O) groups is 2. The van der Waals surface area contributed by atoms with Crippen molar-refractivity contribution in [1.29, 1.82) is 0 Å². The van der Waals surface area contributed by atoms with E-state index in [9.17, 15) is 9.59 Å². The third-order valence-corrected chi connectivity index (χ3v) is 5.16. The summed E-state index contributed by atoms with van der Waals surface area (Å²) < 4.78 is 0. The van der Waals surface area contributed by atoms with Crippen LogP contribution in [0.4, 0.5) is 5.69 Å². The second-order valence-electron chi connectivity index (χ2n) is 7.59. The molecule has 0 aliphatic rings. The van der Waals surface area contributed by atoms with Gasteiger partial charge in [0.05, 0.1) is 11.3 Å². The Bertz CT molecular complexity index is 1020. The fourth-order valence-electron chi connectivity index (χ4n) is 2.54. The molecule has 0 aliphatic carbocycles. The average molecular weight is 394 g/mol. The Kier molecular flexibility index (Phi) is 5.79. The maximum Gasteiger partial charge on any atom is 0.229 e. The lowest BCUT2D eigenvalue weighted by Gasteiger charge is -2.17. The van der Waals surface area contributed by atoms with Crippen molar-refractivity contribution in [2.75, 3.05) is 11.1 Å². The lowest BCUT2D eigenvalue weighted by Crippen LogP contribution is -2.27. The molecule has 0 saturated carbocycles. The van der Waals surface area contributed by atoms with Crippen LogP contribution in [-0.4, -0.2) is 27.4 Å². The van der Waals surface area contributed by atoms with Crippen molar-refractivity contribution in [2.24, 2.45) is 5.41 Å². The molecule has 1 aromatic heterocycles. The highest BCUT2D eigenvalue weighted by Gasteiger charge is 2.21. The van der Waals surface area contributed by atoms with Crippen LogP contribution >= 0.6 is 11.8 Å². The van der Waals surface area contributed by atoms with Gasteiger partial charge in [-0.1, -0.05) is 50.7 Å². The first-order valence-electron chi connectivity index (χ1n) is 9.05. The number of thioether (sulfide) groups is 1. The van der Waals surface area contributed by atoms with Crippen LogP contribution in [0.3, 0.4) is 0 Å². The number of hydrogen-bond donors (Lipinski definition) is 1. The molecule has 1 amide bonds. The van der Waals surface area contributed by atoms with Gasteiger partial charge in [0.2, 0.25) is 5.91 Å². The Morgan fingerprint density at radius 2 is 1.68 bits per heavy atom. The first kappa shape index (κ1) is 20.0. The molecule has 2 aromatic carbocycles. The Hall–Kier alpha value is -2.73. The van der Waals surface area contributed by atoms with Crippen LogP contribution in [0.25, 0.3) is 10.9 Å². The minimum absolute atomic E-state index is 0.0130. The van der Waals surface area contributed by atoms with Gasteiger partial charge in [-0.2, -0.15) is 0 Å². The quantitative estimate of drug-likeness (QED) is 0.379. The van der Waals surface area contributed by atoms with Crippen LogP contribution < -0.4 is 5.32 Å².